The minimum Gasteiger partial charge on any atom is -0.478 e. The fourth-order valence-electron chi connectivity index (χ4n) is 1.87. The van der Waals surface area contributed by atoms with Crippen LogP contribution in [-0.2, 0) is 0 Å². The van der Waals surface area contributed by atoms with E-state index in [-0.39, 0.29) is 5.56 Å². The standard InChI is InChI=1S/C9H11NO2.C7H7NO2/c1-6-4-3-5-7(9(11)12)8(6)10-2;8-6-4-2-1-3-5(6)7(9)10/h3-5,10H,1-2H3,(H,11,12);1-4H,8H2,(H,9,10). The molecular formula is C16H18N2O4. The fourth-order valence-corrected chi connectivity index (χ4v) is 1.87. The summed E-state index contributed by atoms with van der Waals surface area (Å²) >= 11 is 0. The summed E-state index contributed by atoms with van der Waals surface area (Å²) in [6.45, 7) is 1.87. The van der Waals surface area contributed by atoms with Gasteiger partial charge in [0, 0.05) is 12.7 Å². The van der Waals surface area contributed by atoms with Crippen molar-refractivity contribution < 1.29 is 19.8 Å². The molecule has 0 aliphatic rings. The van der Waals surface area contributed by atoms with E-state index >= 15 is 0 Å². The van der Waals surface area contributed by atoms with E-state index in [2.05, 4.69) is 5.32 Å². The number of rotatable bonds is 3. The minimum atomic E-state index is -0.988. The second kappa shape index (κ2) is 7.68. The van der Waals surface area contributed by atoms with Crippen molar-refractivity contribution in [2.24, 2.45) is 0 Å². The number of para-hydroxylation sites is 2. The third kappa shape index (κ3) is 4.24. The number of anilines is 2. The molecule has 0 aliphatic carbocycles. The summed E-state index contributed by atoms with van der Waals surface area (Å²) in [5.41, 5.74) is 7.74. The van der Waals surface area contributed by atoms with Gasteiger partial charge in [-0.3, -0.25) is 0 Å². The maximum Gasteiger partial charge on any atom is 0.337 e. The number of hydrogen-bond donors (Lipinski definition) is 4. The maximum atomic E-state index is 10.7. The Bertz CT molecular complexity index is 684. The number of benzene rings is 2. The molecule has 0 aliphatic heterocycles. The van der Waals surface area contributed by atoms with Gasteiger partial charge in [-0.2, -0.15) is 0 Å². The van der Waals surface area contributed by atoms with Gasteiger partial charge in [0.2, 0.25) is 0 Å². The number of hydrogen-bond acceptors (Lipinski definition) is 4. The highest BCUT2D eigenvalue weighted by molar-refractivity contribution is 5.95. The Morgan fingerprint density at radius 1 is 0.955 bits per heavy atom. The molecule has 0 fully saturated rings. The molecule has 0 atom stereocenters. The maximum absolute atomic E-state index is 10.7. The van der Waals surface area contributed by atoms with Crippen LogP contribution < -0.4 is 11.1 Å². The molecule has 6 heteroatoms. The molecule has 2 aromatic rings. The second-order valence-corrected chi connectivity index (χ2v) is 4.45. The topological polar surface area (TPSA) is 113 Å². The first-order chi connectivity index (χ1) is 10.4. The van der Waals surface area contributed by atoms with Crippen LogP contribution in [0.3, 0.4) is 0 Å². The van der Waals surface area contributed by atoms with Gasteiger partial charge < -0.3 is 21.3 Å². The molecule has 0 amide bonds. The van der Waals surface area contributed by atoms with Gasteiger partial charge in [-0.05, 0) is 30.7 Å². The average Bonchev–Trinajstić information content (AvgIpc) is 2.47. The zero-order valence-corrected chi connectivity index (χ0v) is 12.3. The Kier molecular flexibility index (Phi) is 5.95. The third-order valence-corrected chi connectivity index (χ3v) is 2.94. The van der Waals surface area contributed by atoms with E-state index < -0.39 is 11.9 Å². The van der Waals surface area contributed by atoms with Crippen molar-refractivity contribution in [1.29, 1.82) is 0 Å². The molecule has 0 saturated carbocycles. The van der Waals surface area contributed by atoms with E-state index in [9.17, 15) is 9.59 Å². The summed E-state index contributed by atoms with van der Waals surface area (Å²) in [5, 5.41) is 20.1. The molecule has 2 rings (SSSR count). The van der Waals surface area contributed by atoms with Gasteiger partial charge >= 0.3 is 11.9 Å². The second-order valence-electron chi connectivity index (χ2n) is 4.45. The van der Waals surface area contributed by atoms with Crippen molar-refractivity contribution in [2.75, 3.05) is 18.1 Å². The van der Waals surface area contributed by atoms with Crippen LogP contribution in [0.2, 0.25) is 0 Å². The molecule has 0 radical (unpaired) electrons. The smallest absolute Gasteiger partial charge is 0.337 e. The lowest BCUT2D eigenvalue weighted by atomic mass is 10.1. The highest BCUT2D eigenvalue weighted by Crippen LogP contribution is 2.19. The largest absolute Gasteiger partial charge is 0.478 e. The molecule has 0 aromatic heterocycles. The van der Waals surface area contributed by atoms with E-state index in [1.807, 2.05) is 13.0 Å². The Hall–Kier alpha value is -3.02. The summed E-state index contributed by atoms with van der Waals surface area (Å²) < 4.78 is 0. The molecule has 0 spiro atoms. The van der Waals surface area contributed by atoms with E-state index in [1.54, 1.807) is 37.4 Å². The summed E-state index contributed by atoms with van der Waals surface area (Å²) in [5.74, 6) is -1.89. The van der Waals surface area contributed by atoms with Crippen LogP contribution in [0.4, 0.5) is 11.4 Å². The number of aryl methyl sites for hydroxylation is 1. The molecule has 6 nitrogen and oxygen atoms in total. The highest BCUT2D eigenvalue weighted by Gasteiger charge is 2.09. The first-order valence-corrected chi connectivity index (χ1v) is 6.47. The van der Waals surface area contributed by atoms with Crippen LogP contribution in [0.5, 0.6) is 0 Å². The molecule has 0 saturated heterocycles. The van der Waals surface area contributed by atoms with Gasteiger partial charge in [0.15, 0.2) is 0 Å². The van der Waals surface area contributed by atoms with Gasteiger partial charge in [0.25, 0.3) is 0 Å². The van der Waals surface area contributed by atoms with Gasteiger partial charge in [-0.1, -0.05) is 24.3 Å². The van der Waals surface area contributed by atoms with E-state index in [1.165, 1.54) is 6.07 Å². The number of nitrogens with one attached hydrogen (secondary N) is 1. The van der Waals surface area contributed by atoms with E-state index in [4.69, 9.17) is 15.9 Å². The van der Waals surface area contributed by atoms with Gasteiger partial charge in [-0.25, -0.2) is 9.59 Å². The van der Waals surface area contributed by atoms with Crippen molar-refractivity contribution in [3.8, 4) is 0 Å². The molecule has 22 heavy (non-hydrogen) atoms. The van der Waals surface area contributed by atoms with Crippen LogP contribution >= 0.6 is 0 Å². The van der Waals surface area contributed by atoms with Crippen LogP contribution in [0.25, 0.3) is 0 Å². The van der Waals surface area contributed by atoms with Gasteiger partial charge in [-0.15, -0.1) is 0 Å². The molecule has 2 aromatic carbocycles. The van der Waals surface area contributed by atoms with Crippen LogP contribution in [0.1, 0.15) is 26.3 Å². The zero-order chi connectivity index (χ0) is 16.7. The Morgan fingerprint density at radius 3 is 1.91 bits per heavy atom. The van der Waals surface area contributed by atoms with Crippen LogP contribution in [0, 0.1) is 6.92 Å². The fraction of sp³-hybridized carbons (Fsp3) is 0.125. The molecule has 5 N–H and O–H groups in total. The Balaban J connectivity index is 0.000000224. The molecule has 0 unspecified atom stereocenters. The summed E-state index contributed by atoms with van der Waals surface area (Å²) in [6.07, 6.45) is 0. The number of aromatic carboxylic acids is 2. The predicted molar refractivity (Wildman–Crippen MR) is 85.5 cm³/mol. The lowest BCUT2D eigenvalue weighted by Gasteiger charge is -2.07. The Morgan fingerprint density at radius 2 is 1.50 bits per heavy atom. The molecular weight excluding hydrogens is 284 g/mol. The van der Waals surface area contributed by atoms with Crippen molar-refractivity contribution >= 4 is 23.3 Å². The Labute approximate surface area is 128 Å². The number of carbonyl (C=O) groups is 2. The molecule has 0 heterocycles. The highest BCUT2D eigenvalue weighted by atomic mass is 16.4. The van der Waals surface area contributed by atoms with Gasteiger partial charge in [0.05, 0.1) is 16.8 Å². The van der Waals surface area contributed by atoms with Crippen molar-refractivity contribution in [3.05, 3.63) is 59.2 Å². The number of nitrogen functional groups attached to an aromatic ring is 1. The predicted octanol–water partition coefficient (Wildman–Crippen LogP) is 2.70. The third-order valence-electron chi connectivity index (χ3n) is 2.94. The average molecular weight is 302 g/mol. The number of carboxylic acid groups (broad SMARTS) is 2. The normalized spacial score (nSPS) is 9.36. The summed E-state index contributed by atoms with van der Waals surface area (Å²) in [7, 11) is 1.72. The quantitative estimate of drug-likeness (QED) is 0.648. The van der Waals surface area contributed by atoms with E-state index in [0.717, 1.165) is 5.56 Å². The van der Waals surface area contributed by atoms with Crippen molar-refractivity contribution in [2.45, 2.75) is 6.92 Å². The van der Waals surface area contributed by atoms with Crippen molar-refractivity contribution in [3.63, 3.8) is 0 Å². The van der Waals surface area contributed by atoms with Crippen LogP contribution in [-0.4, -0.2) is 29.2 Å². The summed E-state index contributed by atoms with van der Waals surface area (Å²) in [4.78, 5) is 21.0. The monoisotopic (exact) mass is 302 g/mol. The summed E-state index contributed by atoms with van der Waals surface area (Å²) in [6, 6.07) is 11.6. The zero-order valence-electron chi connectivity index (χ0n) is 12.3. The lowest BCUT2D eigenvalue weighted by molar-refractivity contribution is 0.0687. The molecule has 116 valence electrons. The van der Waals surface area contributed by atoms with Crippen molar-refractivity contribution in [1.82, 2.24) is 0 Å². The molecule has 0 bridgehead atoms. The van der Waals surface area contributed by atoms with E-state index in [0.29, 0.717) is 16.9 Å². The first kappa shape index (κ1) is 17.0. The lowest BCUT2D eigenvalue weighted by Crippen LogP contribution is -2.03. The van der Waals surface area contributed by atoms with Crippen LogP contribution in [0.15, 0.2) is 42.5 Å². The minimum absolute atomic E-state index is 0.155. The number of nitrogens with two attached hydrogens (primary N) is 1. The number of carboxylic acids is 2. The SMILES string of the molecule is CNc1c(C)cccc1C(=O)O.Nc1ccccc1C(=O)O. The van der Waals surface area contributed by atoms with Gasteiger partial charge in [0.1, 0.15) is 0 Å². The first-order valence-electron chi connectivity index (χ1n) is 6.47.